The van der Waals surface area contributed by atoms with E-state index in [1.807, 2.05) is 19.9 Å². The Bertz CT molecular complexity index is 1370. The number of amidine groups is 1. The van der Waals surface area contributed by atoms with Crippen molar-refractivity contribution in [2.24, 2.45) is 4.99 Å². The molecule has 1 aromatic carbocycles. The van der Waals surface area contributed by atoms with Gasteiger partial charge in [-0.05, 0) is 31.9 Å². The van der Waals surface area contributed by atoms with E-state index in [0.29, 0.717) is 36.0 Å². The predicted molar refractivity (Wildman–Crippen MR) is 126 cm³/mol. The van der Waals surface area contributed by atoms with Crippen molar-refractivity contribution in [1.82, 2.24) is 9.97 Å². The van der Waals surface area contributed by atoms with Gasteiger partial charge in [-0.1, -0.05) is 11.6 Å². The molecule has 0 atom stereocenters. The average molecular weight is 488 g/mol. The van der Waals surface area contributed by atoms with Crippen molar-refractivity contribution >= 4 is 33.4 Å². The third-order valence-corrected chi connectivity index (χ3v) is 7.48. The maximum absolute atomic E-state index is 15.1. The monoisotopic (exact) mass is 487 g/mol. The first-order valence-electron chi connectivity index (χ1n) is 10.9. The van der Waals surface area contributed by atoms with Gasteiger partial charge in [-0.3, -0.25) is 4.99 Å². The SMILES string of the molecule is CC1=CC(Nc2cc(N3CCS(=O)(=O)CC3)nc(Oc3cc(F)c4c(c3F)C=C(C)C4)n2)=NC1. The summed E-state index contributed by atoms with van der Waals surface area (Å²) in [5.41, 5.74) is 2.41. The maximum atomic E-state index is 15.1. The van der Waals surface area contributed by atoms with Crippen LogP contribution >= 0.6 is 0 Å². The van der Waals surface area contributed by atoms with Crippen molar-refractivity contribution in [3.05, 3.63) is 52.1 Å². The van der Waals surface area contributed by atoms with E-state index in [0.717, 1.165) is 17.2 Å². The van der Waals surface area contributed by atoms with Crippen LogP contribution in [0.4, 0.5) is 20.4 Å². The molecule has 0 radical (unpaired) electrons. The van der Waals surface area contributed by atoms with Crippen LogP contribution in [0.15, 0.2) is 34.3 Å². The number of aromatic nitrogens is 2. The molecule has 34 heavy (non-hydrogen) atoms. The number of rotatable bonds is 4. The molecule has 2 aliphatic heterocycles. The molecule has 5 rings (SSSR count). The Kier molecular flexibility index (Phi) is 5.59. The third-order valence-electron chi connectivity index (χ3n) is 5.87. The zero-order valence-corrected chi connectivity index (χ0v) is 19.5. The summed E-state index contributed by atoms with van der Waals surface area (Å²) in [6.07, 6.45) is 3.83. The smallest absolute Gasteiger partial charge is 0.326 e. The second kappa shape index (κ2) is 8.46. The van der Waals surface area contributed by atoms with E-state index in [1.165, 1.54) is 0 Å². The molecule has 3 aliphatic rings. The van der Waals surface area contributed by atoms with Gasteiger partial charge in [0.05, 0.1) is 18.1 Å². The van der Waals surface area contributed by atoms with Gasteiger partial charge >= 0.3 is 6.01 Å². The quantitative estimate of drug-likeness (QED) is 0.705. The number of aliphatic imine (C=N–C) groups is 1. The summed E-state index contributed by atoms with van der Waals surface area (Å²) in [4.78, 5) is 14.8. The van der Waals surface area contributed by atoms with Crippen LogP contribution < -0.4 is 15.0 Å². The van der Waals surface area contributed by atoms with Gasteiger partial charge in [0.25, 0.3) is 0 Å². The van der Waals surface area contributed by atoms with Crippen molar-refractivity contribution in [2.75, 3.05) is 41.4 Å². The topological polar surface area (TPSA) is 96.8 Å². The van der Waals surface area contributed by atoms with E-state index in [9.17, 15) is 12.8 Å². The molecule has 0 amide bonds. The molecule has 11 heteroatoms. The predicted octanol–water partition coefficient (Wildman–Crippen LogP) is 3.51. The number of benzene rings is 1. The number of sulfone groups is 1. The fourth-order valence-corrected chi connectivity index (χ4v) is 5.31. The number of anilines is 2. The zero-order chi connectivity index (χ0) is 24.0. The lowest BCUT2D eigenvalue weighted by Crippen LogP contribution is -2.40. The van der Waals surface area contributed by atoms with Gasteiger partial charge in [-0.15, -0.1) is 0 Å². The number of allylic oxidation sites excluding steroid dienone is 1. The Labute approximate surface area is 196 Å². The van der Waals surface area contributed by atoms with Crippen molar-refractivity contribution in [3.63, 3.8) is 0 Å². The van der Waals surface area contributed by atoms with Crippen molar-refractivity contribution in [2.45, 2.75) is 20.3 Å². The van der Waals surface area contributed by atoms with E-state index in [2.05, 4.69) is 20.3 Å². The highest BCUT2D eigenvalue weighted by atomic mass is 32.2. The van der Waals surface area contributed by atoms with E-state index >= 15 is 4.39 Å². The van der Waals surface area contributed by atoms with E-state index in [-0.39, 0.29) is 41.9 Å². The van der Waals surface area contributed by atoms with Gasteiger partial charge < -0.3 is 15.0 Å². The van der Waals surface area contributed by atoms with Crippen LogP contribution in [0.2, 0.25) is 0 Å². The number of hydrogen-bond acceptors (Lipinski definition) is 8. The molecule has 1 fully saturated rings. The van der Waals surface area contributed by atoms with E-state index in [1.54, 1.807) is 17.0 Å². The van der Waals surface area contributed by atoms with Gasteiger partial charge in [-0.2, -0.15) is 9.97 Å². The summed E-state index contributed by atoms with van der Waals surface area (Å²) in [6, 6.07) is 2.47. The molecule has 2 aromatic rings. The Morgan fingerprint density at radius 1 is 1.06 bits per heavy atom. The normalized spacial score (nSPS) is 18.8. The summed E-state index contributed by atoms with van der Waals surface area (Å²) in [5, 5.41) is 3.09. The maximum Gasteiger partial charge on any atom is 0.326 e. The third kappa shape index (κ3) is 4.52. The Hall–Kier alpha value is -3.34. The molecular formula is C23H23F2N5O3S. The number of nitrogens with one attached hydrogen (secondary N) is 1. The van der Waals surface area contributed by atoms with Crippen LogP contribution in [0.5, 0.6) is 11.8 Å². The first-order chi connectivity index (χ1) is 16.2. The fourth-order valence-electron chi connectivity index (χ4n) is 4.11. The minimum atomic E-state index is -3.09. The van der Waals surface area contributed by atoms with Crippen molar-refractivity contribution < 1.29 is 21.9 Å². The Morgan fingerprint density at radius 2 is 1.82 bits per heavy atom. The van der Waals surface area contributed by atoms with E-state index in [4.69, 9.17) is 4.74 Å². The molecule has 1 aliphatic carbocycles. The van der Waals surface area contributed by atoms with E-state index < -0.39 is 21.5 Å². The van der Waals surface area contributed by atoms with Crippen molar-refractivity contribution in [3.8, 4) is 11.8 Å². The molecular weight excluding hydrogens is 464 g/mol. The van der Waals surface area contributed by atoms with Crippen molar-refractivity contribution in [1.29, 1.82) is 0 Å². The van der Waals surface area contributed by atoms with Gasteiger partial charge in [0.15, 0.2) is 21.4 Å². The molecule has 0 spiro atoms. The molecule has 1 aromatic heterocycles. The molecule has 0 bridgehead atoms. The van der Waals surface area contributed by atoms with Crippen LogP contribution in [-0.2, 0) is 16.3 Å². The molecule has 8 nitrogen and oxygen atoms in total. The average Bonchev–Trinajstić information content (AvgIpc) is 3.37. The molecule has 0 saturated carbocycles. The van der Waals surface area contributed by atoms with Crippen LogP contribution in [0.25, 0.3) is 6.08 Å². The highest BCUT2D eigenvalue weighted by molar-refractivity contribution is 7.91. The number of ether oxygens (including phenoxy) is 1. The van der Waals surface area contributed by atoms with Crippen LogP contribution in [0, 0.1) is 11.6 Å². The second-order valence-corrected chi connectivity index (χ2v) is 11.0. The van der Waals surface area contributed by atoms with Gasteiger partial charge in [0, 0.05) is 36.3 Å². The standard InChI is InChI=1S/C23H23F2N5O3S/c1-13-7-15-16(8-13)22(25)18(10-17(15)24)33-23-28-20(27-19-9-14(2)12-26-19)11-21(29-23)30-3-5-34(31,32)6-4-30/h8-11H,3-7,12H2,1-2H3,(H,26,27,28,29). The summed E-state index contributed by atoms with van der Waals surface area (Å²) in [5.74, 6) is -0.196. The summed E-state index contributed by atoms with van der Waals surface area (Å²) < 4.78 is 59.1. The second-order valence-electron chi connectivity index (χ2n) is 8.68. The van der Waals surface area contributed by atoms with Crippen LogP contribution in [-0.4, -0.2) is 55.4 Å². The minimum Gasteiger partial charge on any atom is -0.421 e. The molecule has 0 unspecified atom stereocenters. The molecule has 3 heterocycles. The van der Waals surface area contributed by atoms with Gasteiger partial charge in [0.1, 0.15) is 23.3 Å². The number of nitrogens with zero attached hydrogens (tertiary/aromatic N) is 4. The Morgan fingerprint density at radius 3 is 2.53 bits per heavy atom. The molecule has 1 N–H and O–H groups in total. The lowest BCUT2D eigenvalue weighted by Gasteiger charge is -2.28. The highest BCUT2D eigenvalue weighted by Crippen LogP contribution is 2.36. The Balaban J connectivity index is 1.50. The number of halogens is 2. The molecule has 1 saturated heterocycles. The first-order valence-corrected chi connectivity index (χ1v) is 12.7. The van der Waals surface area contributed by atoms with Gasteiger partial charge in [0.2, 0.25) is 0 Å². The fraction of sp³-hybridized carbons (Fsp3) is 0.348. The largest absolute Gasteiger partial charge is 0.421 e. The first kappa shape index (κ1) is 22.5. The number of fused-ring (bicyclic) bond motifs is 1. The summed E-state index contributed by atoms with van der Waals surface area (Å²) in [6.45, 7) is 4.84. The zero-order valence-electron chi connectivity index (χ0n) is 18.7. The van der Waals surface area contributed by atoms with Crippen LogP contribution in [0.1, 0.15) is 25.0 Å². The lowest BCUT2D eigenvalue weighted by atomic mass is 10.1. The highest BCUT2D eigenvalue weighted by Gasteiger charge is 2.26. The number of hydrogen-bond donors (Lipinski definition) is 1. The van der Waals surface area contributed by atoms with Crippen LogP contribution in [0.3, 0.4) is 0 Å². The summed E-state index contributed by atoms with van der Waals surface area (Å²) >= 11 is 0. The van der Waals surface area contributed by atoms with Gasteiger partial charge in [-0.25, -0.2) is 17.2 Å². The summed E-state index contributed by atoms with van der Waals surface area (Å²) in [7, 11) is -3.09. The minimum absolute atomic E-state index is 0.000936. The lowest BCUT2D eigenvalue weighted by molar-refractivity contribution is 0.406. The molecule has 178 valence electrons.